The highest BCUT2D eigenvalue weighted by Gasteiger charge is 2.13. The van der Waals surface area contributed by atoms with Crippen LogP contribution in [-0.4, -0.2) is 21.9 Å². The summed E-state index contributed by atoms with van der Waals surface area (Å²) in [4.78, 5) is 0. The van der Waals surface area contributed by atoms with Crippen LogP contribution in [0.5, 0.6) is 0 Å². The van der Waals surface area contributed by atoms with E-state index in [1.807, 2.05) is 12.1 Å². The number of nitrogens with zero attached hydrogens (tertiary/aromatic N) is 2. The van der Waals surface area contributed by atoms with Crippen LogP contribution in [0.25, 0.3) is 0 Å². The van der Waals surface area contributed by atoms with E-state index in [1.165, 1.54) is 11.1 Å². The molecule has 0 radical (unpaired) electrons. The SMILES string of the molecule is CC(C)c1cccc(C(C)(C)C)c1.CCCCO.c1ccnnc1. The van der Waals surface area contributed by atoms with Crippen LogP contribution in [0.2, 0.25) is 0 Å². The quantitative estimate of drug-likeness (QED) is 0.823. The van der Waals surface area contributed by atoms with Crippen LogP contribution in [0.4, 0.5) is 0 Å². The Bertz CT molecular complexity index is 490. The first kappa shape index (κ1) is 22.3. The van der Waals surface area contributed by atoms with Gasteiger partial charge in [-0.2, -0.15) is 10.2 Å². The third kappa shape index (κ3) is 10.9. The highest BCUT2D eigenvalue weighted by Crippen LogP contribution is 2.25. The van der Waals surface area contributed by atoms with Gasteiger partial charge in [0.05, 0.1) is 0 Å². The molecule has 2 aromatic rings. The molecule has 1 aromatic heterocycles. The lowest BCUT2D eigenvalue weighted by atomic mass is 9.85. The minimum atomic E-state index is 0.269. The highest BCUT2D eigenvalue weighted by atomic mass is 16.2. The Balaban J connectivity index is 0.000000397. The maximum atomic E-state index is 8.07. The first-order valence-electron chi connectivity index (χ1n) is 8.75. The maximum absolute atomic E-state index is 8.07. The number of benzene rings is 1. The number of aliphatic hydroxyl groups excluding tert-OH is 1. The number of aromatic nitrogens is 2. The Morgan fingerprint density at radius 3 is 1.88 bits per heavy atom. The Labute approximate surface area is 148 Å². The van der Waals surface area contributed by atoms with Crippen molar-refractivity contribution in [2.24, 2.45) is 0 Å². The number of rotatable bonds is 3. The average molecular weight is 331 g/mol. The summed E-state index contributed by atoms with van der Waals surface area (Å²) < 4.78 is 0. The molecule has 0 saturated heterocycles. The topological polar surface area (TPSA) is 46.0 Å². The van der Waals surface area contributed by atoms with Crippen molar-refractivity contribution in [3.63, 3.8) is 0 Å². The van der Waals surface area contributed by atoms with Gasteiger partial charge >= 0.3 is 0 Å². The second kappa shape index (κ2) is 12.7. The van der Waals surface area contributed by atoms with Gasteiger partial charge in [0.25, 0.3) is 0 Å². The van der Waals surface area contributed by atoms with Gasteiger partial charge in [0.15, 0.2) is 0 Å². The van der Waals surface area contributed by atoms with Crippen LogP contribution >= 0.6 is 0 Å². The van der Waals surface area contributed by atoms with Crippen molar-refractivity contribution < 1.29 is 5.11 Å². The molecule has 0 saturated carbocycles. The van der Waals surface area contributed by atoms with Gasteiger partial charge in [0.2, 0.25) is 0 Å². The van der Waals surface area contributed by atoms with Crippen LogP contribution in [0.3, 0.4) is 0 Å². The van der Waals surface area contributed by atoms with Crippen LogP contribution in [0.1, 0.15) is 71.4 Å². The minimum Gasteiger partial charge on any atom is -0.396 e. The fourth-order valence-electron chi connectivity index (χ4n) is 1.78. The molecule has 0 atom stereocenters. The van der Waals surface area contributed by atoms with Crippen molar-refractivity contribution in [3.8, 4) is 0 Å². The van der Waals surface area contributed by atoms with Gasteiger partial charge in [-0.15, -0.1) is 0 Å². The average Bonchev–Trinajstić information content (AvgIpc) is 2.58. The van der Waals surface area contributed by atoms with Crippen LogP contribution in [-0.2, 0) is 5.41 Å². The molecule has 3 nitrogen and oxygen atoms in total. The van der Waals surface area contributed by atoms with Gasteiger partial charge in [0, 0.05) is 19.0 Å². The van der Waals surface area contributed by atoms with Crippen molar-refractivity contribution >= 4 is 0 Å². The standard InChI is InChI=1S/C13H20.C4H4N2.C4H10O/c1-10(2)11-7-6-8-12(9-11)13(3,4)5;1-2-4-6-5-3-1;1-2-3-4-5/h6-10H,1-5H3;1-4H;5H,2-4H2,1H3. The molecule has 2 rings (SSSR count). The molecule has 0 aliphatic rings. The van der Waals surface area contributed by atoms with E-state index in [9.17, 15) is 0 Å². The summed E-state index contributed by atoms with van der Waals surface area (Å²) in [5.41, 5.74) is 3.14. The molecular formula is C21H34N2O. The molecule has 0 unspecified atom stereocenters. The van der Waals surface area contributed by atoms with Crippen molar-refractivity contribution in [1.29, 1.82) is 0 Å². The molecule has 0 aliphatic carbocycles. The van der Waals surface area contributed by atoms with Crippen molar-refractivity contribution in [1.82, 2.24) is 10.2 Å². The zero-order chi connectivity index (χ0) is 18.4. The van der Waals surface area contributed by atoms with E-state index in [-0.39, 0.29) is 5.41 Å². The molecule has 1 heterocycles. The van der Waals surface area contributed by atoms with E-state index < -0.39 is 0 Å². The Hall–Kier alpha value is -1.74. The fraction of sp³-hybridized carbons (Fsp3) is 0.524. The predicted molar refractivity (Wildman–Crippen MR) is 103 cm³/mol. The lowest BCUT2D eigenvalue weighted by Crippen LogP contribution is -2.11. The van der Waals surface area contributed by atoms with Gasteiger partial charge in [-0.1, -0.05) is 72.2 Å². The van der Waals surface area contributed by atoms with Crippen molar-refractivity contribution in [2.45, 2.75) is 65.7 Å². The molecule has 0 fully saturated rings. The molecule has 1 N–H and O–H groups in total. The third-order valence-electron chi connectivity index (χ3n) is 3.41. The summed E-state index contributed by atoms with van der Waals surface area (Å²) in [5, 5.41) is 15.1. The predicted octanol–water partition coefficient (Wildman–Crippen LogP) is 5.36. The highest BCUT2D eigenvalue weighted by molar-refractivity contribution is 5.30. The molecule has 0 aliphatic heterocycles. The molecule has 1 aromatic carbocycles. The number of hydrogen-bond acceptors (Lipinski definition) is 3. The van der Waals surface area contributed by atoms with E-state index in [0.717, 1.165) is 12.8 Å². The van der Waals surface area contributed by atoms with Gasteiger partial charge in [0.1, 0.15) is 0 Å². The second-order valence-corrected chi connectivity index (χ2v) is 7.02. The van der Waals surface area contributed by atoms with E-state index in [0.29, 0.717) is 12.5 Å². The number of aliphatic hydroxyl groups is 1. The minimum absolute atomic E-state index is 0.269. The van der Waals surface area contributed by atoms with Crippen molar-refractivity contribution in [2.75, 3.05) is 6.61 Å². The van der Waals surface area contributed by atoms with Crippen LogP contribution in [0.15, 0.2) is 48.8 Å². The number of hydrogen-bond donors (Lipinski definition) is 1. The Morgan fingerprint density at radius 2 is 1.58 bits per heavy atom. The van der Waals surface area contributed by atoms with Gasteiger partial charge in [-0.25, -0.2) is 0 Å². The molecule has 0 bridgehead atoms. The van der Waals surface area contributed by atoms with E-state index in [1.54, 1.807) is 12.4 Å². The molecule has 24 heavy (non-hydrogen) atoms. The van der Waals surface area contributed by atoms with Gasteiger partial charge < -0.3 is 5.11 Å². The summed E-state index contributed by atoms with van der Waals surface area (Å²) in [7, 11) is 0. The molecule has 3 heteroatoms. The largest absolute Gasteiger partial charge is 0.396 e. The lowest BCUT2D eigenvalue weighted by molar-refractivity contribution is 0.287. The monoisotopic (exact) mass is 330 g/mol. The first-order valence-corrected chi connectivity index (χ1v) is 8.75. The van der Waals surface area contributed by atoms with Crippen LogP contribution < -0.4 is 0 Å². The second-order valence-electron chi connectivity index (χ2n) is 7.02. The zero-order valence-corrected chi connectivity index (χ0v) is 16.2. The molecule has 0 spiro atoms. The third-order valence-corrected chi connectivity index (χ3v) is 3.41. The lowest BCUT2D eigenvalue weighted by Gasteiger charge is -2.20. The summed E-state index contributed by atoms with van der Waals surface area (Å²) >= 11 is 0. The summed E-state index contributed by atoms with van der Waals surface area (Å²) in [6, 6.07) is 12.6. The normalized spacial score (nSPS) is 10.3. The Morgan fingerprint density at radius 1 is 1.00 bits per heavy atom. The summed E-state index contributed by atoms with van der Waals surface area (Å²) in [6.07, 6.45) is 5.32. The first-order chi connectivity index (χ1) is 11.3. The van der Waals surface area contributed by atoms with Crippen LogP contribution in [0, 0.1) is 0 Å². The van der Waals surface area contributed by atoms with E-state index >= 15 is 0 Å². The van der Waals surface area contributed by atoms with Crippen molar-refractivity contribution in [3.05, 3.63) is 59.9 Å². The van der Waals surface area contributed by atoms with E-state index in [2.05, 4.69) is 76.0 Å². The summed E-state index contributed by atoms with van der Waals surface area (Å²) in [6.45, 7) is 13.6. The molecule has 134 valence electrons. The van der Waals surface area contributed by atoms with Gasteiger partial charge in [-0.3, -0.25) is 0 Å². The van der Waals surface area contributed by atoms with E-state index in [4.69, 9.17) is 5.11 Å². The molecular weight excluding hydrogens is 296 g/mol. The molecule has 0 amide bonds. The summed E-state index contributed by atoms with van der Waals surface area (Å²) in [5.74, 6) is 0.627. The smallest absolute Gasteiger partial charge is 0.0496 e. The maximum Gasteiger partial charge on any atom is 0.0496 e. The number of unbranched alkanes of at least 4 members (excludes halogenated alkanes) is 1. The Kier molecular flexibility index (Phi) is 11.7. The fourth-order valence-corrected chi connectivity index (χ4v) is 1.78. The van der Waals surface area contributed by atoms with Gasteiger partial charge in [-0.05, 0) is 41.0 Å². The zero-order valence-electron chi connectivity index (χ0n) is 16.2.